The number of hydrogen-bond acceptors (Lipinski definition) is 4. The quantitative estimate of drug-likeness (QED) is 0.797. The Labute approximate surface area is 115 Å². The number of carbonyl (C=O) groups is 1. The van der Waals surface area contributed by atoms with E-state index in [4.69, 9.17) is 9.68 Å². The smallest absolute Gasteiger partial charge is 0.290 e. The number of amides is 1. The largest absolute Gasteiger partial charge is 0.451 e. The molecule has 0 unspecified atom stereocenters. The van der Waals surface area contributed by atoms with Crippen molar-refractivity contribution < 1.29 is 9.21 Å². The van der Waals surface area contributed by atoms with Gasteiger partial charge >= 0.3 is 0 Å². The third kappa shape index (κ3) is 2.16. The van der Waals surface area contributed by atoms with E-state index in [-0.39, 0.29) is 23.8 Å². The number of para-hydroxylation sites is 1. The molecule has 1 aromatic carbocycles. The van der Waals surface area contributed by atoms with Crippen LogP contribution < -0.4 is 5.43 Å². The summed E-state index contributed by atoms with van der Waals surface area (Å²) in [5.74, 6) is -0.396. The number of benzene rings is 1. The average molecular weight is 268 g/mol. The van der Waals surface area contributed by atoms with Crippen LogP contribution in [-0.2, 0) is 0 Å². The topological polar surface area (TPSA) is 74.3 Å². The Hall–Kier alpha value is -2.61. The molecule has 20 heavy (non-hydrogen) atoms. The van der Waals surface area contributed by atoms with Gasteiger partial charge in [-0.2, -0.15) is 5.26 Å². The number of rotatable bonds is 3. The van der Waals surface area contributed by atoms with Crippen LogP contribution in [0, 0.1) is 11.3 Å². The molecule has 2 aromatic rings. The SMILES string of the molecule is N#CCN(C(=O)c1cc(=O)c2ccccc2o1)C1CC1. The monoisotopic (exact) mass is 268 g/mol. The van der Waals surface area contributed by atoms with Gasteiger partial charge in [-0.15, -0.1) is 0 Å². The van der Waals surface area contributed by atoms with Crippen LogP contribution in [0.15, 0.2) is 39.5 Å². The molecule has 1 aliphatic carbocycles. The fraction of sp³-hybridized carbons (Fsp3) is 0.267. The average Bonchev–Trinajstić information content (AvgIpc) is 3.28. The lowest BCUT2D eigenvalue weighted by atomic mass is 10.2. The lowest BCUT2D eigenvalue weighted by molar-refractivity contribution is 0.0733. The van der Waals surface area contributed by atoms with Gasteiger partial charge in [-0.1, -0.05) is 12.1 Å². The molecule has 0 bridgehead atoms. The van der Waals surface area contributed by atoms with Crippen LogP contribution in [0.5, 0.6) is 0 Å². The van der Waals surface area contributed by atoms with Gasteiger partial charge in [0.05, 0.1) is 11.5 Å². The standard InChI is InChI=1S/C15H12N2O3/c16-7-8-17(10-5-6-10)15(19)14-9-12(18)11-3-1-2-4-13(11)20-14/h1-4,9-10H,5-6,8H2. The molecule has 0 spiro atoms. The molecule has 1 aliphatic rings. The molecule has 0 N–H and O–H groups in total. The minimum Gasteiger partial charge on any atom is -0.451 e. The second-order valence-corrected chi connectivity index (χ2v) is 4.79. The van der Waals surface area contributed by atoms with E-state index >= 15 is 0 Å². The van der Waals surface area contributed by atoms with Gasteiger partial charge in [0.2, 0.25) is 0 Å². The van der Waals surface area contributed by atoms with Gasteiger partial charge < -0.3 is 9.32 Å². The lowest BCUT2D eigenvalue weighted by Crippen LogP contribution is -2.33. The van der Waals surface area contributed by atoms with Crippen LogP contribution >= 0.6 is 0 Å². The molecule has 0 aliphatic heterocycles. The van der Waals surface area contributed by atoms with Crippen molar-refractivity contribution in [3.63, 3.8) is 0 Å². The van der Waals surface area contributed by atoms with Crippen molar-refractivity contribution >= 4 is 16.9 Å². The number of nitrogens with zero attached hydrogens (tertiary/aromatic N) is 2. The van der Waals surface area contributed by atoms with Crippen LogP contribution in [0.25, 0.3) is 11.0 Å². The first-order valence-electron chi connectivity index (χ1n) is 6.41. The second-order valence-electron chi connectivity index (χ2n) is 4.79. The molecule has 1 aromatic heterocycles. The first-order chi connectivity index (χ1) is 9.70. The number of carbonyl (C=O) groups excluding carboxylic acids is 1. The van der Waals surface area contributed by atoms with Gasteiger partial charge in [-0.25, -0.2) is 0 Å². The van der Waals surface area contributed by atoms with Crippen LogP contribution in [0.4, 0.5) is 0 Å². The fourth-order valence-corrected chi connectivity index (χ4v) is 2.18. The van der Waals surface area contributed by atoms with Gasteiger partial charge in [-0.05, 0) is 25.0 Å². The predicted molar refractivity (Wildman–Crippen MR) is 72.2 cm³/mol. The normalized spacial score (nSPS) is 13.9. The Morgan fingerprint density at radius 1 is 1.40 bits per heavy atom. The number of nitriles is 1. The van der Waals surface area contributed by atoms with E-state index in [0.29, 0.717) is 11.0 Å². The van der Waals surface area contributed by atoms with Crippen molar-refractivity contribution in [3.05, 3.63) is 46.3 Å². The summed E-state index contributed by atoms with van der Waals surface area (Å²) in [5, 5.41) is 9.25. The van der Waals surface area contributed by atoms with Crippen LogP contribution in [0.1, 0.15) is 23.4 Å². The minimum absolute atomic E-state index is 0.00384. The van der Waals surface area contributed by atoms with Crippen LogP contribution in [0.3, 0.4) is 0 Å². The molecular weight excluding hydrogens is 256 g/mol. The third-order valence-corrected chi connectivity index (χ3v) is 3.33. The Morgan fingerprint density at radius 2 is 2.15 bits per heavy atom. The lowest BCUT2D eigenvalue weighted by Gasteiger charge is -2.17. The molecule has 5 nitrogen and oxygen atoms in total. The van der Waals surface area contributed by atoms with Crippen molar-refractivity contribution in [2.45, 2.75) is 18.9 Å². The zero-order valence-corrected chi connectivity index (χ0v) is 10.7. The number of fused-ring (bicyclic) bond motifs is 1. The van der Waals surface area contributed by atoms with Crippen molar-refractivity contribution in [2.75, 3.05) is 6.54 Å². The van der Waals surface area contributed by atoms with E-state index in [1.807, 2.05) is 6.07 Å². The molecule has 1 fully saturated rings. The van der Waals surface area contributed by atoms with E-state index in [0.717, 1.165) is 12.8 Å². The Balaban J connectivity index is 2.03. The highest BCUT2D eigenvalue weighted by Crippen LogP contribution is 2.28. The van der Waals surface area contributed by atoms with Crippen molar-refractivity contribution in [2.24, 2.45) is 0 Å². The highest BCUT2D eigenvalue weighted by molar-refractivity contribution is 5.93. The van der Waals surface area contributed by atoms with Crippen molar-refractivity contribution in [3.8, 4) is 6.07 Å². The van der Waals surface area contributed by atoms with Gasteiger partial charge in [-0.3, -0.25) is 9.59 Å². The maximum absolute atomic E-state index is 12.4. The zero-order chi connectivity index (χ0) is 14.1. The van der Waals surface area contributed by atoms with Gasteiger partial charge in [0.25, 0.3) is 5.91 Å². The molecule has 1 heterocycles. The molecule has 3 rings (SSSR count). The maximum atomic E-state index is 12.4. The van der Waals surface area contributed by atoms with Crippen molar-refractivity contribution in [1.29, 1.82) is 5.26 Å². The summed E-state index contributed by atoms with van der Waals surface area (Å²) in [6.45, 7) is 0.0139. The third-order valence-electron chi connectivity index (χ3n) is 3.33. The summed E-state index contributed by atoms with van der Waals surface area (Å²) < 4.78 is 5.51. The summed E-state index contributed by atoms with van der Waals surface area (Å²) in [7, 11) is 0. The Bertz CT molecular complexity index is 769. The van der Waals surface area contributed by atoms with Gasteiger partial charge in [0.15, 0.2) is 11.2 Å². The molecule has 0 radical (unpaired) electrons. The molecule has 1 amide bonds. The summed E-state index contributed by atoms with van der Waals surface area (Å²) in [6.07, 6.45) is 1.79. The summed E-state index contributed by atoms with van der Waals surface area (Å²) in [5.41, 5.74) is 0.138. The highest BCUT2D eigenvalue weighted by atomic mass is 16.3. The number of hydrogen-bond donors (Lipinski definition) is 0. The summed E-state index contributed by atoms with van der Waals surface area (Å²) in [4.78, 5) is 25.8. The first-order valence-corrected chi connectivity index (χ1v) is 6.41. The van der Waals surface area contributed by atoms with Crippen molar-refractivity contribution in [1.82, 2.24) is 4.90 Å². The minimum atomic E-state index is -0.392. The molecule has 0 atom stereocenters. The van der Waals surface area contributed by atoms with E-state index in [1.54, 1.807) is 24.3 Å². The molecule has 1 saturated carbocycles. The summed E-state index contributed by atoms with van der Waals surface area (Å²) >= 11 is 0. The Kier molecular flexibility index (Phi) is 2.99. The van der Waals surface area contributed by atoms with E-state index in [9.17, 15) is 9.59 Å². The van der Waals surface area contributed by atoms with E-state index in [2.05, 4.69) is 0 Å². The molecule has 5 heteroatoms. The van der Waals surface area contributed by atoms with E-state index in [1.165, 1.54) is 11.0 Å². The van der Waals surface area contributed by atoms with Crippen LogP contribution in [0.2, 0.25) is 0 Å². The van der Waals surface area contributed by atoms with Gasteiger partial charge in [0, 0.05) is 12.1 Å². The second kappa shape index (κ2) is 4.82. The molecular formula is C15H12N2O3. The summed E-state index contributed by atoms with van der Waals surface area (Å²) in [6, 6.07) is 10.1. The zero-order valence-electron chi connectivity index (χ0n) is 10.7. The van der Waals surface area contributed by atoms with E-state index < -0.39 is 5.91 Å². The highest BCUT2D eigenvalue weighted by Gasteiger charge is 2.34. The predicted octanol–water partition coefficient (Wildman–Crippen LogP) is 1.92. The maximum Gasteiger partial charge on any atom is 0.290 e. The first kappa shape index (κ1) is 12.4. The van der Waals surface area contributed by atoms with Crippen LogP contribution in [-0.4, -0.2) is 23.4 Å². The Morgan fingerprint density at radius 3 is 2.85 bits per heavy atom. The fourth-order valence-electron chi connectivity index (χ4n) is 2.18. The van der Waals surface area contributed by atoms with Gasteiger partial charge in [0.1, 0.15) is 12.1 Å². The molecule has 0 saturated heterocycles. The molecule has 100 valence electrons.